The predicted molar refractivity (Wildman–Crippen MR) is 148 cm³/mol. The van der Waals surface area contributed by atoms with E-state index < -0.39 is 6.04 Å². The van der Waals surface area contributed by atoms with Crippen molar-refractivity contribution in [3.05, 3.63) is 54.2 Å². The van der Waals surface area contributed by atoms with Gasteiger partial charge in [-0.05, 0) is 61.9 Å². The number of hydrogen-bond donors (Lipinski definition) is 2. The van der Waals surface area contributed by atoms with Gasteiger partial charge in [0.25, 0.3) is 0 Å². The molecule has 2 atom stereocenters. The standard InChI is InChI=1S/C30H40N4O5/c1-38-24-17-15-22(16-18-24)29(30(37)32-23-9-3-2-4-10-23)34(21-25-11-8-20-39-25)28(36)14-7-13-27(35)33-26-12-5-6-19-31-26/h5-6,12,15-19,23,25,29H,2-4,7-11,13-14,20-21H2,1H3,(H,32,37)(H,31,33,35)/t25-,29+/m1/s1. The monoisotopic (exact) mass is 536 g/mol. The average molecular weight is 537 g/mol. The molecule has 2 heterocycles. The lowest BCUT2D eigenvalue weighted by Gasteiger charge is -2.35. The molecule has 1 saturated heterocycles. The zero-order valence-corrected chi connectivity index (χ0v) is 22.8. The topological polar surface area (TPSA) is 110 Å². The third kappa shape index (κ3) is 8.51. The number of hydrogen-bond acceptors (Lipinski definition) is 6. The molecular formula is C30H40N4O5. The number of methoxy groups -OCH3 is 1. The van der Waals surface area contributed by atoms with E-state index in [9.17, 15) is 14.4 Å². The van der Waals surface area contributed by atoms with Crippen LogP contribution in [0.1, 0.15) is 75.8 Å². The molecule has 210 valence electrons. The Bertz CT molecular complexity index is 1070. The zero-order chi connectivity index (χ0) is 27.5. The first-order valence-corrected chi connectivity index (χ1v) is 14.1. The number of pyridine rings is 1. The van der Waals surface area contributed by atoms with Crippen molar-refractivity contribution >= 4 is 23.5 Å². The Kier molecular flexibility index (Phi) is 10.7. The summed E-state index contributed by atoms with van der Waals surface area (Å²) in [5.74, 6) is 0.616. The Balaban J connectivity index is 1.49. The fraction of sp³-hybridized carbons (Fsp3) is 0.533. The van der Waals surface area contributed by atoms with E-state index in [0.717, 1.165) is 44.1 Å². The minimum Gasteiger partial charge on any atom is -0.497 e. The maximum atomic E-state index is 13.8. The van der Waals surface area contributed by atoms with E-state index in [1.807, 2.05) is 24.3 Å². The Morgan fingerprint density at radius 1 is 1.03 bits per heavy atom. The zero-order valence-electron chi connectivity index (χ0n) is 22.8. The highest BCUT2D eigenvalue weighted by Gasteiger charge is 2.35. The molecule has 0 unspecified atom stereocenters. The van der Waals surface area contributed by atoms with Crippen LogP contribution in [0.5, 0.6) is 5.75 Å². The summed E-state index contributed by atoms with van der Waals surface area (Å²) in [6.45, 7) is 0.982. The number of nitrogens with one attached hydrogen (secondary N) is 2. The van der Waals surface area contributed by atoms with Crippen LogP contribution in [0.3, 0.4) is 0 Å². The highest BCUT2D eigenvalue weighted by molar-refractivity contribution is 5.91. The second kappa shape index (κ2) is 14.6. The summed E-state index contributed by atoms with van der Waals surface area (Å²) < 4.78 is 11.2. The van der Waals surface area contributed by atoms with Gasteiger partial charge in [-0.3, -0.25) is 14.4 Å². The summed E-state index contributed by atoms with van der Waals surface area (Å²) in [5, 5.41) is 5.99. The van der Waals surface area contributed by atoms with Crippen LogP contribution in [0, 0.1) is 0 Å². The maximum absolute atomic E-state index is 13.8. The van der Waals surface area contributed by atoms with Gasteiger partial charge in [0.1, 0.15) is 17.6 Å². The number of carbonyl (C=O) groups excluding carboxylic acids is 3. The van der Waals surface area contributed by atoms with Gasteiger partial charge >= 0.3 is 0 Å². The van der Waals surface area contributed by atoms with Crippen LogP contribution in [-0.2, 0) is 19.1 Å². The van der Waals surface area contributed by atoms with Gasteiger partial charge in [0.15, 0.2) is 0 Å². The highest BCUT2D eigenvalue weighted by atomic mass is 16.5. The van der Waals surface area contributed by atoms with E-state index >= 15 is 0 Å². The smallest absolute Gasteiger partial charge is 0.247 e. The summed E-state index contributed by atoms with van der Waals surface area (Å²) in [6.07, 6.45) is 9.23. The molecule has 1 aliphatic heterocycles. The molecule has 2 aliphatic rings. The van der Waals surface area contributed by atoms with Gasteiger partial charge in [0.2, 0.25) is 17.7 Å². The number of aromatic nitrogens is 1. The van der Waals surface area contributed by atoms with Crippen molar-refractivity contribution in [2.75, 3.05) is 25.6 Å². The first kappa shape index (κ1) is 28.5. The molecule has 0 radical (unpaired) electrons. The van der Waals surface area contributed by atoms with Crippen molar-refractivity contribution in [2.24, 2.45) is 0 Å². The lowest BCUT2D eigenvalue weighted by molar-refractivity contribution is -0.143. The maximum Gasteiger partial charge on any atom is 0.247 e. The lowest BCUT2D eigenvalue weighted by Crippen LogP contribution is -2.49. The molecule has 0 spiro atoms. The van der Waals surface area contributed by atoms with E-state index in [1.165, 1.54) is 6.42 Å². The third-order valence-electron chi connectivity index (χ3n) is 7.41. The lowest BCUT2D eigenvalue weighted by atomic mass is 9.94. The van der Waals surface area contributed by atoms with Crippen LogP contribution in [0.4, 0.5) is 5.82 Å². The predicted octanol–water partition coefficient (Wildman–Crippen LogP) is 4.40. The van der Waals surface area contributed by atoms with E-state index in [0.29, 0.717) is 31.1 Å². The number of amides is 3. The van der Waals surface area contributed by atoms with Crippen LogP contribution in [0.2, 0.25) is 0 Å². The average Bonchev–Trinajstić information content (AvgIpc) is 3.47. The number of anilines is 1. The molecule has 9 heteroatoms. The van der Waals surface area contributed by atoms with Gasteiger partial charge in [-0.25, -0.2) is 4.98 Å². The molecule has 39 heavy (non-hydrogen) atoms. The Morgan fingerprint density at radius 3 is 2.49 bits per heavy atom. The van der Waals surface area contributed by atoms with Crippen molar-refractivity contribution < 1.29 is 23.9 Å². The fourth-order valence-electron chi connectivity index (χ4n) is 5.33. The van der Waals surface area contributed by atoms with Gasteiger partial charge in [-0.15, -0.1) is 0 Å². The second-order valence-corrected chi connectivity index (χ2v) is 10.3. The van der Waals surface area contributed by atoms with Crippen molar-refractivity contribution in [3.63, 3.8) is 0 Å². The van der Waals surface area contributed by atoms with Gasteiger partial charge in [-0.2, -0.15) is 0 Å². The van der Waals surface area contributed by atoms with Gasteiger partial charge in [-0.1, -0.05) is 37.5 Å². The van der Waals surface area contributed by atoms with E-state index in [-0.39, 0.29) is 42.7 Å². The minimum absolute atomic E-state index is 0.113. The molecule has 1 aromatic carbocycles. The quantitative estimate of drug-likeness (QED) is 0.416. The number of rotatable bonds is 12. The molecular weight excluding hydrogens is 496 g/mol. The molecule has 2 aromatic rings. The minimum atomic E-state index is -0.795. The Morgan fingerprint density at radius 2 is 1.82 bits per heavy atom. The van der Waals surface area contributed by atoms with Crippen LogP contribution in [-0.4, -0.2) is 60.0 Å². The molecule has 1 aromatic heterocycles. The van der Waals surface area contributed by atoms with Crippen molar-refractivity contribution in [3.8, 4) is 5.75 Å². The van der Waals surface area contributed by atoms with Gasteiger partial charge in [0, 0.05) is 38.2 Å². The first-order valence-electron chi connectivity index (χ1n) is 14.1. The van der Waals surface area contributed by atoms with Crippen LogP contribution in [0.25, 0.3) is 0 Å². The van der Waals surface area contributed by atoms with E-state index in [2.05, 4.69) is 15.6 Å². The first-order chi connectivity index (χ1) is 19.0. The van der Waals surface area contributed by atoms with E-state index in [4.69, 9.17) is 9.47 Å². The SMILES string of the molecule is COc1ccc([C@@H](C(=O)NC2CCCCC2)N(C[C@H]2CCCO2)C(=O)CCCC(=O)Nc2ccccn2)cc1. The van der Waals surface area contributed by atoms with Crippen molar-refractivity contribution in [1.82, 2.24) is 15.2 Å². The number of carbonyl (C=O) groups is 3. The normalized spacial score (nSPS) is 18.2. The summed E-state index contributed by atoms with van der Waals surface area (Å²) in [4.78, 5) is 45.7. The molecule has 3 amide bonds. The van der Waals surface area contributed by atoms with Gasteiger partial charge < -0.3 is 25.0 Å². The summed E-state index contributed by atoms with van der Waals surface area (Å²) in [5.41, 5.74) is 0.725. The van der Waals surface area contributed by atoms with Crippen LogP contribution < -0.4 is 15.4 Å². The largest absolute Gasteiger partial charge is 0.497 e. The van der Waals surface area contributed by atoms with Crippen LogP contribution in [0.15, 0.2) is 48.7 Å². The number of ether oxygens (including phenoxy) is 2. The molecule has 4 rings (SSSR count). The molecule has 9 nitrogen and oxygen atoms in total. The Hall–Kier alpha value is -3.46. The summed E-state index contributed by atoms with van der Waals surface area (Å²) >= 11 is 0. The van der Waals surface area contributed by atoms with Gasteiger partial charge in [0.05, 0.1) is 13.2 Å². The molecule has 1 saturated carbocycles. The molecule has 2 fully saturated rings. The molecule has 0 bridgehead atoms. The van der Waals surface area contributed by atoms with Crippen molar-refractivity contribution in [1.29, 1.82) is 0 Å². The van der Waals surface area contributed by atoms with E-state index in [1.54, 1.807) is 36.4 Å². The summed E-state index contributed by atoms with van der Waals surface area (Å²) in [6, 6.07) is 11.9. The molecule has 2 N–H and O–H groups in total. The fourth-order valence-corrected chi connectivity index (χ4v) is 5.33. The number of nitrogens with zero attached hydrogens (tertiary/aromatic N) is 2. The molecule has 1 aliphatic carbocycles. The third-order valence-corrected chi connectivity index (χ3v) is 7.41. The van der Waals surface area contributed by atoms with Crippen LogP contribution >= 0.6 is 0 Å². The van der Waals surface area contributed by atoms with Crippen molar-refractivity contribution in [2.45, 2.75) is 82.4 Å². The highest BCUT2D eigenvalue weighted by Crippen LogP contribution is 2.28. The second-order valence-electron chi connectivity index (χ2n) is 10.3. The number of benzene rings is 1. The Labute approximate surface area is 230 Å². The summed E-state index contributed by atoms with van der Waals surface area (Å²) in [7, 11) is 1.60.